The summed E-state index contributed by atoms with van der Waals surface area (Å²) in [7, 11) is 1.71. The van der Waals surface area contributed by atoms with Gasteiger partial charge < -0.3 is 10.5 Å². The molecule has 96 valence electrons. The zero-order chi connectivity index (χ0) is 13.2. The molecule has 3 heteroatoms. The first kappa shape index (κ1) is 14.5. The zero-order valence-electron chi connectivity index (χ0n) is 11.3. The van der Waals surface area contributed by atoms with Crippen molar-refractivity contribution in [2.24, 2.45) is 11.7 Å². The van der Waals surface area contributed by atoms with E-state index in [1.54, 1.807) is 7.11 Å². The molecular weight excluding hydrogens is 278 g/mol. The van der Waals surface area contributed by atoms with Crippen molar-refractivity contribution in [1.82, 2.24) is 0 Å². The Morgan fingerprint density at radius 1 is 1.35 bits per heavy atom. The van der Waals surface area contributed by atoms with Gasteiger partial charge >= 0.3 is 0 Å². The Bertz CT molecular complexity index is 402. The van der Waals surface area contributed by atoms with Crippen LogP contribution in [0, 0.1) is 19.8 Å². The van der Waals surface area contributed by atoms with Gasteiger partial charge in [-0.2, -0.15) is 0 Å². The number of rotatable bonds is 4. The summed E-state index contributed by atoms with van der Waals surface area (Å²) in [4.78, 5) is 0. The van der Waals surface area contributed by atoms with Crippen LogP contribution >= 0.6 is 15.9 Å². The van der Waals surface area contributed by atoms with E-state index in [9.17, 15) is 0 Å². The number of nitrogens with two attached hydrogens (primary N) is 1. The van der Waals surface area contributed by atoms with Gasteiger partial charge in [0.2, 0.25) is 0 Å². The minimum atomic E-state index is 0.0288. The number of methoxy groups -OCH3 is 1. The van der Waals surface area contributed by atoms with Crippen molar-refractivity contribution in [2.45, 2.75) is 40.2 Å². The van der Waals surface area contributed by atoms with Crippen molar-refractivity contribution in [3.8, 4) is 5.75 Å². The van der Waals surface area contributed by atoms with E-state index in [0.29, 0.717) is 5.92 Å². The summed E-state index contributed by atoms with van der Waals surface area (Å²) in [5.41, 5.74) is 9.75. The van der Waals surface area contributed by atoms with E-state index in [0.717, 1.165) is 27.8 Å². The smallest absolute Gasteiger partial charge is 0.126 e. The molecule has 0 aliphatic heterocycles. The number of benzene rings is 1. The molecule has 0 aliphatic carbocycles. The molecule has 1 atom stereocenters. The third-order valence-electron chi connectivity index (χ3n) is 3.01. The molecule has 0 spiro atoms. The van der Waals surface area contributed by atoms with Crippen LogP contribution in [0.4, 0.5) is 0 Å². The van der Waals surface area contributed by atoms with E-state index >= 15 is 0 Å². The van der Waals surface area contributed by atoms with Gasteiger partial charge in [0.05, 0.1) is 7.11 Å². The molecule has 1 aromatic rings. The Kier molecular flexibility index (Phi) is 5.02. The largest absolute Gasteiger partial charge is 0.496 e. The molecule has 0 radical (unpaired) electrons. The predicted molar refractivity (Wildman–Crippen MR) is 76.6 cm³/mol. The molecule has 0 aromatic heterocycles. The molecular formula is C14H22BrNO. The van der Waals surface area contributed by atoms with Gasteiger partial charge in [-0.15, -0.1) is 0 Å². The summed E-state index contributed by atoms with van der Waals surface area (Å²) in [5, 5.41) is 0. The molecule has 1 unspecified atom stereocenters. The number of aryl methyl sites for hydroxylation is 1. The standard InChI is InChI=1S/C14H22BrNO/c1-8(2)6-12(16)13-10(4)11(15)7-9(3)14(13)17-5/h7-8,12H,6,16H2,1-5H3. The minimum Gasteiger partial charge on any atom is -0.496 e. The third-order valence-corrected chi connectivity index (χ3v) is 3.83. The van der Waals surface area contributed by atoms with E-state index in [2.05, 4.69) is 49.7 Å². The van der Waals surface area contributed by atoms with Gasteiger partial charge in [-0.25, -0.2) is 0 Å². The van der Waals surface area contributed by atoms with E-state index in [1.165, 1.54) is 5.56 Å². The molecule has 1 aromatic carbocycles. The van der Waals surface area contributed by atoms with E-state index in [4.69, 9.17) is 10.5 Å². The van der Waals surface area contributed by atoms with Gasteiger partial charge in [-0.3, -0.25) is 0 Å². The lowest BCUT2D eigenvalue weighted by atomic mass is 9.92. The van der Waals surface area contributed by atoms with Crippen molar-refractivity contribution >= 4 is 15.9 Å². The van der Waals surface area contributed by atoms with E-state index in [1.807, 2.05) is 0 Å². The van der Waals surface area contributed by atoms with E-state index < -0.39 is 0 Å². The first-order valence-electron chi connectivity index (χ1n) is 5.97. The summed E-state index contributed by atoms with van der Waals surface area (Å²) < 4.78 is 6.62. The maximum Gasteiger partial charge on any atom is 0.126 e. The molecule has 0 saturated carbocycles. The van der Waals surface area contributed by atoms with Crippen molar-refractivity contribution in [3.05, 3.63) is 27.2 Å². The van der Waals surface area contributed by atoms with E-state index in [-0.39, 0.29) is 6.04 Å². The number of ether oxygens (including phenoxy) is 1. The fraction of sp³-hybridized carbons (Fsp3) is 0.571. The Labute approximate surface area is 113 Å². The van der Waals surface area contributed by atoms with Crippen LogP contribution in [0.3, 0.4) is 0 Å². The molecule has 17 heavy (non-hydrogen) atoms. The van der Waals surface area contributed by atoms with Crippen LogP contribution in [0.5, 0.6) is 5.75 Å². The predicted octanol–water partition coefficient (Wildman–Crippen LogP) is 4.12. The van der Waals surface area contributed by atoms with Gasteiger partial charge in [-0.1, -0.05) is 29.8 Å². The number of hydrogen-bond donors (Lipinski definition) is 1. The van der Waals surface area contributed by atoms with Crippen LogP contribution in [0.25, 0.3) is 0 Å². The normalized spacial score (nSPS) is 12.9. The summed E-state index contributed by atoms with van der Waals surface area (Å²) in [5.74, 6) is 1.51. The topological polar surface area (TPSA) is 35.2 Å². The Morgan fingerprint density at radius 3 is 2.41 bits per heavy atom. The minimum absolute atomic E-state index is 0.0288. The fourth-order valence-corrected chi connectivity index (χ4v) is 2.78. The average molecular weight is 300 g/mol. The molecule has 1 rings (SSSR count). The summed E-state index contributed by atoms with van der Waals surface area (Å²) in [6.07, 6.45) is 0.965. The second kappa shape index (κ2) is 5.87. The first-order chi connectivity index (χ1) is 7.88. The van der Waals surface area contributed by atoms with Crippen LogP contribution in [-0.2, 0) is 0 Å². The van der Waals surface area contributed by atoms with Crippen LogP contribution in [-0.4, -0.2) is 7.11 Å². The zero-order valence-corrected chi connectivity index (χ0v) is 12.9. The molecule has 0 heterocycles. The maximum atomic E-state index is 6.31. The second-order valence-electron chi connectivity index (χ2n) is 4.98. The number of halogens is 1. The second-order valence-corrected chi connectivity index (χ2v) is 5.84. The van der Waals surface area contributed by atoms with Gasteiger partial charge in [0, 0.05) is 16.1 Å². The molecule has 0 bridgehead atoms. The molecule has 2 N–H and O–H groups in total. The van der Waals surface area contributed by atoms with Crippen molar-refractivity contribution < 1.29 is 4.74 Å². The molecule has 2 nitrogen and oxygen atoms in total. The Morgan fingerprint density at radius 2 is 1.94 bits per heavy atom. The average Bonchev–Trinajstić information content (AvgIpc) is 2.21. The highest BCUT2D eigenvalue weighted by atomic mass is 79.9. The Balaban J connectivity index is 3.28. The number of hydrogen-bond acceptors (Lipinski definition) is 2. The van der Waals surface area contributed by atoms with Gasteiger partial charge in [0.25, 0.3) is 0 Å². The lowest BCUT2D eigenvalue weighted by molar-refractivity contribution is 0.395. The van der Waals surface area contributed by atoms with Crippen LogP contribution < -0.4 is 10.5 Å². The quantitative estimate of drug-likeness (QED) is 0.907. The monoisotopic (exact) mass is 299 g/mol. The maximum absolute atomic E-state index is 6.31. The van der Waals surface area contributed by atoms with Gasteiger partial charge in [0.15, 0.2) is 0 Å². The van der Waals surface area contributed by atoms with Crippen molar-refractivity contribution in [2.75, 3.05) is 7.11 Å². The van der Waals surface area contributed by atoms with Gasteiger partial charge in [-0.05, 0) is 43.4 Å². The first-order valence-corrected chi connectivity index (χ1v) is 6.76. The van der Waals surface area contributed by atoms with Crippen LogP contribution in [0.15, 0.2) is 10.5 Å². The lowest BCUT2D eigenvalue weighted by Gasteiger charge is -2.22. The summed E-state index contributed by atoms with van der Waals surface area (Å²) in [6.45, 7) is 8.51. The lowest BCUT2D eigenvalue weighted by Crippen LogP contribution is -2.16. The molecule has 0 aliphatic rings. The molecule has 0 fully saturated rings. The molecule has 0 amide bonds. The summed E-state index contributed by atoms with van der Waals surface area (Å²) >= 11 is 3.58. The summed E-state index contributed by atoms with van der Waals surface area (Å²) in [6, 6.07) is 2.11. The van der Waals surface area contributed by atoms with Crippen molar-refractivity contribution in [1.29, 1.82) is 0 Å². The SMILES string of the molecule is COc1c(C)cc(Br)c(C)c1C(N)CC(C)C. The Hall–Kier alpha value is -0.540. The van der Waals surface area contributed by atoms with Crippen LogP contribution in [0.2, 0.25) is 0 Å². The third kappa shape index (κ3) is 3.23. The highest BCUT2D eigenvalue weighted by Gasteiger charge is 2.19. The van der Waals surface area contributed by atoms with Gasteiger partial charge in [0.1, 0.15) is 5.75 Å². The van der Waals surface area contributed by atoms with Crippen LogP contribution in [0.1, 0.15) is 43.0 Å². The van der Waals surface area contributed by atoms with Crippen molar-refractivity contribution in [3.63, 3.8) is 0 Å². The molecule has 0 saturated heterocycles. The highest BCUT2D eigenvalue weighted by Crippen LogP contribution is 2.37. The highest BCUT2D eigenvalue weighted by molar-refractivity contribution is 9.10. The fourth-order valence-electron chi connectivity index (χ4n) is 2.22.